The summed E-state index contributed by atoms with van der Waals surface area (Å²) in [5, 5.41) is 0. The molecule has 2 rings (SSSR count). The van der Waals surface area contributed by atoms with E-state index in [1.54, 1.807) is 23.1 Å². The van der Waals surface area contributed by atoms with E-state index in [-0.39, 0.29) is 19.0 Å². The number of benzene rings is 1. The first-order valence-corrected chi connectivity index (χ1v) is 6.70. The number of hydrogen-bond donors (Lipinski definition) is 1. The second kappa shape index (κ2) is 5.93. The summed E-state index contributed by atoms with van der Waals surface area (Å²) in [6, 6.07) is 5.09. The summed E-state index contributed by atoms with van der Waals surface area (Å²) in [5.74, 6) is -0.183. The van der Waals surface area contributed by atoms with Crippen LogP contribution in [0.2, 0.25) is 0 Å². The fourth-order valence-corrected chi connectivity index (χ4v) is 2.48. The Morgan fingerprint density at radius 2 is 1.81 bits per heavy atom. The number of aryl methyl sites for hydroxylation is 1. The lowest BCUT2D eigenvalue weighted by atomic mass is 10.1. The Balaban J connectivity index is 1.97. The monoisotopic (exact) mass is 301 g/mol. The van der Waals surface area contributed by atoms with E-state index < -0.39 is 12.7 Å². The van der Waals surface area contributed by atoms with Crippen molar-refractivity contribution in [1.82, 2.24) is 9.80 Å². The molecule has 1 aliphatic rings. The van der Waals surface area contributed by atoms with Gasteiger partial charge in [0, 0.05) is 37.4 Å². The first-order chi connectivity index (χ1) is 9.74. The molecule has 116 valence electrons. The Kier molecular flexibility index (Phi) is 4.41. The minimum atomic E-state index is -4.20. The molecule has 7 heteroatoms. The van der Waals surface area contributed by atoms with Crippen LogP contribution in [0.3, 0.4) is 0 Å². The number of nitrogens with two attached hydrogens (primary N) is 1. The number of anilines is 1. The van der Waals surface area contributed by atoms with E-state index in [1.165, 1.54) is 4.90 Å². The standard InChI is InChI=1S/C14H18F3N3O/c1-10-6-11(8-12(18)7-10)13(21)20-4-2-19(3-5-20)9-14(15,16)17/h6-8H,2-5,9,18H2,1H3. The SMILES string of the molecule is Cc1cc(N)cc(C(=O)N2CCN(CC(F)(F)F)CC2)c1. The molecular weight excluding hydrogens is 283 g/mol. The molecule has 2 N–H and O–H groups in total. The fraction of sp³-hybridized carbons (Fsp3) is 0.500. The van der Waals surface area contributed by atoms with Gasteiger partial charge < -0.3 is 10.6 Å². The second-order valence-electron chi connectivity index (χ2n) is 5.32. The molecule has 0 unspecified atom stereocenters. The van der Waals surface area contributed by atoms with E-state index in [9.17, 15) is 18.0 Å². The van der Waals surface area contributed by atoms with Crippen LogP contribution in [0.5, 0.6) is 0 Å². The average molecular weight is 301 g/mol. The van der Waals surface area contributed by atoms with Gasteiger partial charge in [-0.2, -0.15) is 13.2 Å². The maximum atomic E-state index is 12.3. The van der Waals surface area contributed by atoms with Gasteiger partial charge in [0.1, 0.15) is 0 Å². The second-order valence-corrected chi connectivity index (χ2v) is 5.32. The molecule has 1 aromatic carbocycles. The van der Waals surface area contributed by atoms with Crippen LogP contribution < -0.4 is 5.73 Å². The largest absolute Gasteiger partial charge is 0.401 e. The van der Waals surface area contributed by atoms with Crippen molar-refractivity contribution < 1.29 is 18.0 Å². The molecule has 1 saturated heterocycles. The van der Waals surface area contributed by atoms with Crippen LogP contribution >= 0.6 is 0 Å². The maximum absolute atomic E-state index is 12.3. The summed E-state index contributed by atoms with van der Waals surface area (Å²) in [6.07, 6.45) is -4.20. The first kappa shape index (κ1) is 15.6. The van der Waals surface area contributed by atoms with E-state index in [1.807, 2.05) is 6.92 Å². The molecule has 1 heterocycles. The van der Waals surface area contributed by atoms with Gasteiger partial charge in [0.25, 0.3) is 5.91 Å². The lowest BCUT2D eigenvalue weighted by Gasteiger charge is -2.35. The average Bonchev–Trinajstić information content (AvgIpc) is 2.35. The number of piperazine rings is 1. The summed E-state index contributed by atoms with van der Waals surface area (Å²) in [6.45, 7) is 1.96. The molecule has 21 heavy (non-hydrogen) atoms. The van der Waals surface area contributed by atoms with Crippen molar-refractivity contribution in [3.63, 3.8) is 0 Å². The predicted molar refractivity (Wildman–Crippen MR) is 74.0 cm³/mol. The van der Waals surface area contributed by atoms with E-state index in [0.717, 1.165) is 5.56 Å². The normalized spacial score (nSPS) is 17.0. The summed E-state index contributed by atoms with van der Waals surface area (Å²) < 4.78 is 36.9. The zero-order valence-corrected chi connectivity index (χ0v) is 11.8. The molecule has 0 atom stereocenters. The predicted octanol–water partition coefficient (Wildman–Crippen LogP) is 1.90. The zero-order valence-electron chi connectivity index (χ0n) is 11.8. The van der Waals surface area contributed by atoms with Crippen molar-refractivity contribution in [2.45, 2.75) is 13.1 Å². The third-order valence-corrected chi connectivity index (χ3v) is 3.41. The van der Waals surface area contributed by atoms with E-state index >= 15 is 0 Å². The molecule has 1 aliphatic heterocycles. The number of hydrogen-bond acceptors (Lipinski definition) is 3. The van der Waals surface area contributed by atoms with Crippen molar-refractivity contribution in [1.29, 1.82) is 0 Å². The lowest BCUT2D eigenvalue weighted by Crippen LogP contribution is -2.50. The number of rotatable bonds is 2. The van der Waals surface area contributed by atoms with Gasteiger partial charge in [0.15, 0.2) is 0 Å². The number of nitrogens with zero attached hydrogens (tertiary/aromatic N) is 2. The van der Waals surface area contributed by atoms with Crippen molar-refractivity contribution in [3.8, 4) is 0 Å². The molecule has 0 saturated carbocycles. The molecule has 0 aliphatic carbocycles. The third kappa shape index (κ3) is 4.35. The van der Waals surface area contributed by atoms with E-state index in [2.05, 4.69) is 0 Å². The van der Waals surface area contributed by atoms with E-state index in [0.29, 0.717) is 24.3 Å². The van der Waals surface area contributed by atoms with E-state index in [4.69, 9.17) is 5.73 Å². The quantitative estimate of drug-likeness (QED) is 0.849. The van der Waals surface area contributed by atoms with Gasteiger partial charge in [-0.05, 0) is 30.7 Å². The molecule has 0 bridgehead atoms. The topological polar surface area (TPSA) is 49.6 Å². The Labute approximate surface area is 121 Å². The Hall–Kier alpha value is -1.76. The third-order valence-electron chi connectivity index (χ3n) is 3.41. The number of amides is 1. The Morgan fingerprint density at radius 1 is 1.19 bits per heavy atom. The van der Waals surface area contributed by atoms with Crippen molar-refractivity contribution in [2.75, 3.05) is 38.5 Å². The molecule has 0 spiro atoms. The highest BCUT2D eigenvalue weighted by Crippen LogP contribution is 2.19. The van der Waals surface area contributed by atoms with Crippen LogP contribution in [0, 0.1) is 6.92 Å². The molecule has 1 amide bonds. The first-order valence-electron chi connectivity index (χ1n) is 6.70. The van der Waals surface area contributed by atoms with Gasteiger partial charge in [0.05, 0.1) is 6.54 Å². The van der Waals surface area contributed by atoms with Gasteiger partial charge in [-0.25, -0.2) is 0 Å². The van der Waals surface area contributed by atoms with Crippen LogP contribution in [-0.4, -0.2) is 54.6 Å². The van der Waals surface area contributed by atoms with Gasteiger partial charge in [0.2, 0.25) is 0 Å². The number of carbonyl (C=O) groups is 1. The molecule has 1 aromatic rings. The minimum Gasteiger partial charge on any atom is -0.399 e. The number of alkyl halides is 3. The smallest absolute Gasteiger partial charge is 0.399 e. The summed E-state index contributed by atoms with van der Waals surface area (Å²) in [5.41, 5.74) is 7.59. The number of carbonyl (C=O) groups excluding carboxylic acids is 1. The Bertz CT molecular complexity index is 502. The number of halogens is 3. The van der Waals surface area contributed by atoms with Crippen LogP contribution in [0.1, 0.15) is 15.9 Å². The van der Waals surface area contributed by atoms with Crippen LogP contribution in [-0.2, 0) is 0 Å². The summed E-state index contributed by atoms with van der Waals surface area (Å²) in [7, 11) is 0. The van der Waals surface area contributed by atoms with Gasteiger partial charge in [-0.1, -0.05) is 0 Å². The summed E-state index contributed by atoms with van der Waals surface area (Å²) in [4.78, 5) is 15.2. The highest BCUT2D eigenvalue weighted by Gasteiger charge is 2.32. The highest BCUT2D eigenvalue weighted by molar-refractivity contribution is 5.95. The highest BCUT2D eigenvalue weighted by atomic mass is 19.4. The van der Waals surface area contributed by atoms with Gasteiger partial charge in [-0.3, -0.25) is 9.69 Å². The molecular formula is C14H18F3N3O. The maximum Gasteiger partial charge on any atom is 0.401 e. The van der Waals surface area contributed by atoms with Crippen molar-refractivity contribution >= 4 is 11.6 Å². The van der Waals surface area contributed by atoms with Crippen molar-refractivity contribution in [2.24, 2.45) is 0 Å². The van der Waals surface area contributed by atoms with Crippen LogP contribution in [0.25, 0.3) is 0 Å². The molecule has 0 aromatic heterocycles. The van der Waals surface area contributed by atoms with Crippen LogP contribution in [0.4, 0.5) is 18.9 Å². The molecule has 0 radical (unpaired) electrons. The van der Waals surface area contributed by atoms with Crippen LogP contribution in [0.15, 0.2) is 18.2 Å². The Morgan fingerprint density at radius 3 is 2.33 bits per heavy atom. The fourth-order valence-electron chi connectivity index (χ4n) is 2.48. The molecule has 4 nitrogen and oxygen atoms in total. The minimum absolute atomic E-state index is 0.183. The lowest BCUT2D eigenvalue weighted by molar-refractivity contribution is -0.148. The molecule has 1 fully saturated rings. The van der Waals surface area contributed by atoms with Gasteiger partial charge in [-0.15, -0.1) is 0 Å². The zero-order chi connectivity index (χ0) is 15.6. The number of nitrogen functional groups attached to an aromatic ring is 1. The van der Waals surface area contributed by atoms with Gasteiger partial charge >= 0.3 is 6.18 Å². The summed E-state index contributed by atoms with van der Waals surface area (Å²) >= 11 is 0. The van der Waals surface area contributed by atoms with Crippen molar-refractivity contribution in [3.05, 3.63) is 29.3 Å².